The van der Waals surface area contributed by atoms with Crippen LogP contribution in [0.25, 0.3) is 0 Å². The zero-order valence-electron chi connectivity index (χ0n) is 14.4. The molecule has 2 saturated carbocycles. The van der Waals surface area contributed by atoms with Crippen LogP contribution in [0.3, 0.4) is 0 Å². The van der Waals surface area contributed by atoms with Gasteiger partial charge in [-0.1, -0.05) is 40.0 Å². The van der Waals surface area contributed by atoms with Gasteiger partial charge in [-0.05, 0) is 56.8 Å². The van der Waals surface area contributed by atoms with Crippen LogP contribution in [0.4, 0.5) is 0 Å². The minimum atomic E-state index is -0.643. The van der Waals surface area contributed by atoms with E-state index in [1.807, 2.05) is 0 Å². The Hall–Kier alpha value is 0.430. The molecule has 0 heterocycles. The summed E-state index contributed by atoms with van der Waals surface area (Å²) in [6, 6.07) is 0. The van der Waals surface area contributed by atoms with Crippen LogP contribution in [-0.2, 0) is 0 Å². The molecule has 0 saturated heterocycles. The van der Waals surface area contributed by atoms with Crippen LogP contribution in [-0.4, -0.2) is 24.1 Å². The number of unbranched alkanes of at least 4 members (excludes halogenated alkanes) is 3. The van der Waals surface area contributed by atoms with Gasteiger partial charge in [0, 0.05) is 7.26 Å². The van der Waals surface area contributed by atoms with Crippen molar-refractivity contribution in [2.75, 3.05) is 18.5 Å². The molecule has 0 unspecified atom stereocenters. The highest BCUT2D eigenvalue weighted by Crippen LogP contribution is 2.73. The molecule has 0 spiro atoms. The largest absolute Gasteiger partial charge is 0.0753 e. The molecule has 1 heteroatoms. The Balaban J connectivity index is 2.14. The Morgan fingerprint density at radius 1 is 0.650 bits per heavy atom. The van der Waals surface area contributed by atoms with Gasteiger partial charge >= 0.3 is 0 Å². The monoisotopic (exact) mass is 297 g/mol. The van der Waals surface area contributed by atoms with Crippen LogP contribution >= 0.6 is 7.26 Å². The first-order valence-electron chi connectivity index (χ1n) is 9.63. The maximum absolute atomic E-state index is 2.40. The normalized spacial score (nSPS) is 29.2. The first-order valence-corrected chi connectivity index (χ1v) is 12.0. The molecule has 0 nitrogen and oxygen atoms in total. The van der Waals surface area contributed by atoms with E-state index in [0.29, 0.717) is 0 Å². The van der Waals surface area contributed by atoms with Gasteiger partial charge in [0.2, 0.25) is 0 Å². The third-order valence-electron chi connectivity index (χ3n) is 6.29. The van der Waals surface area contributed by atoms with E-state index in [4.69, 9.17) is 0 Å². The van der Waals surface area contributed by atoms with Crippen molar-refractivity contribution < 1.29 is 0 Å². The van der Waals surface area contributed by atoms with Gasteiger partial charge in [-0.15, -0.1) is 0 Å². The highest BCUT2D eigenvalue weighted by Gasteiger charge is 2.56. The van der Waals surface area contributed by atoms with Gasteiger partial charge in [-0.3, -0.25) is 0 Å². The molecule has 0 aromatic carbocycles. The van der Waals surface area contributed by atoms with E-state index in [0.717, 1.165) is 0 Å². The Morgan fingerprint density at radius 3 is 1.30 bits per heavy atom. The maximum atomic E-state index is 2.40. The summed E-state index contributed by atoms with van der Waals surface area (Å²) in [6.07, 6.45) is 20.2. The van der Waals surface area contributed by atoms with Crippen molar-refractivity contribution in [3.63, 3.8) is 0 Å². The van der Waals surface area contributed by atoms with Crippen molar-refractivity contribution in [3.05, 3.63) is 0 Å². The molecule has 2 aliphatic carbocycles. The van der Waals surface area contributed by atoms with Gasteiger partial charge in [0.25, 0.3) is 0 Å². The van der Waals surface area contributed by atoms with Gasteiger partial charge in [0.05, 0.1) is 24.1 Å². The fourth-order valence-electron chi connectivity index (χ4n) is 5.31. The quantitative estimate of drug-likeness (QED) is 0.399. The second-order valence-electron chi connectivity index (χ2n) is 7.62. The molecule has 0 aromatic rings. The molecule has 0 aliphatic heterocycles. The lowest BCUT2D eigenvalue weighted by Gasteiger charge is -2.36. The van der Waals surface area contributed by atoms with Crippen LogP contribution in [0.1, 0.15) is 85.0 Å². The Bertz CT molecular complexity index is 231. The zero-order chi connectivity index (χ0) is 14.4. The second-order valence-corrected chi connectivity index (χ2v) is 12.0. The second kappa shape index (κ2) is 8.17. The molecule has 0 radical (unpaired) electrons. The minimum absolute atomic E-state index is 0.643. The molecule has 20 heavy (non-hydrogen) atoms. The molecule has 2 bridgehead atoms. The lowest BCUT2D eigenvalue weighted by molar-refractivity contribution is 0.480. The molecule has 2 aliphatic rings. The summed E-state index contributed by atoms with van der Waals surface area (Å²) in [6.45, 7) is 7.20. The fraction of sp³-hybridized carbons (Fsp3) is 1.00. The molecular formula is C19H38P+. The predicted octanol–water partition coefficient (Wildman–Crippen LogP) is 6.59. The molecule has 0 N–H and O–H groups in total. The molecule has 0 aromatic heterocycles. The van der Waals surface area contributed by atoms with Crippen LogP contribution in [0.15, 0.2) is 0 Å². The number of hydrogen-bond acceptors (Lipinski definition) is 0. The number of rotatable bonds is 10. The third-order valence-corrected chi connectivity index (χ3v) is 12.0. The van der Waals surface area contributed by atoms with E-state index in [-0.39, 0.29) is 0 Å². The zero-order valence-corrected chi connectivity index (χ0v) is 15.3. The van der Waals surface area contributed by atoms with E-state index in [1.165, 1.54) is 56.0 Å². The maximum Gasteiger partial charge on any atom is 0.0753 e. The summed E-state index contributed by atoms with van der Waals surface area (Å²) in [5, 5.41) is 0. The lowest BCUT2D eigenvalue weighted by atomic mass is 10.0. The summed E-state index contributed by atoms with van der Waals surface area (Å²) in [7, 11) is -0.643. The van der Waals surface area contributed by atoms with Crippen molar-refractivity contribution in [3.8, 4) is 0 Å². The molecule has 2 rings (SSSR count). The van der Waals surface area contributed by atoms with Gasteiger partial charge < -0.3 is 0 Å². The van der Waals surface area contributed by atoms with E-state index < -0.39 is 7.26 Å². The summed E-state index contributed by atoms with van der Waals surface area (Å²) in [5.74, 6) is 2.33. The first kappa shape index (κ1) is 16.8. The molecule has 118 valence electrons. The summed E-state index contributed by atoms with van der Waals surface area (Å²) >= 11 is 0. The number of fused-ring (bicyclic) bond motifs is 2. The van der Waals surface area contributed by atoms with E-state index in [2.05, 4.69) is 20.8 Å². The predicted molar refractivity (Wildman–Crippen MR) is 95.5 cm³/mol. The summed E-state index contributed by atoms with van der Waals surface area (Å²) in [5.41, 5.74) is 1.23. The summed E-state index contributed by atoms with van der Waals surface area (Å²) in [4.78, 5) is 0. The topological polar surface area (TPSA) is 0 Å². The Labute approximate surface area is 128 Å². The third kappa shape index (κ3) is 3.60. The first-order chi connectivity index (χ1) is 9.77. The van der Waals surface area contributed by atoms with Crippen LogP contribution in [0.5, 0.6) is 0 Å². The lowest BCUT2D eigenvalue weighted by Crippen LogP contribution is -2.26. The molecule has 2 fully saturated rings. The van der Waals surface area contributed by atoms with Gasteiger partial charge in [0.1, 0.15) is 0 Å². The fourth-order valence-corrected chi connectivity index (χ4v) is 12.1. The van der Waals surface area contributed by atoms with Crippen molar-refractivity contribution in [1.29, 1.82) is 0 Å². The van der Waals surface area contributed by atoms with Crippen LogP contribution in [0.2, 0.25) is 0 Å². The minimum Gasteiger partial charge on any atom is -0.0652 e. The standard InChI is InChI=1S/C19H38P/c1-4-7-14-20(15-8-5-2,16-9-6-3)19-17-10-11-18(19)13-12-17/h17-19H,4-16H2,1-3H3/q+1. The van der Waals surface area contributed by atoms with E-state index in [9.17, 15) is 0 Å². The van der Waals surface area contributed by atoms with Gasteiger partial charge in [0.15, 0.2) is 0 Å². The highest BCUT2D eigenvalue weighted by molar-refractivity contribution is 7.76. The SMILES string of the molecule is CCCC[P+](CCCC)(CCCC)C1C2CCC1CC2. The van der Waals surface area contributed by atoms with Crippen molar-refractivity contribution in [2.45, 2.75) is 90.6 Å². The van der Waals surface area contributed by atoms with Gasteiger partial charge in [-0.25, -0.2) is 0 Å². The molecule has 0 atom stereocenters. The van der Waals surface area contributed by atoms with Crippen LogP contribution in [0, 0.1) is 11.8 Å². The Morgan fingerprint density at radius 2 is 1.00 bits per heavy atom. The van der Waals surface area contributed by atoms with E-state index in [1.54, 1.807) is 44.2 Å². The van der Waals surface area contributed by atoms with Gasteiger partial charge in [-0.2, -0.15) is 0 Å². The average Bonchev–Trinajstić information content (AvgIpc) is 3.08. The van der Waals surface area contributed by atoms with Crippen molar-refractivity contribution >= 4 is 7.26 Å². The average molecular weight is 297 g/mol. The van der Waals surface area contributed by atoms with Crippen molar-refractivity contribution in [2.24, 2.45) is 11.8 Å². The number of hydrogen-bond donors (Lipinski definition) is 0. The van der Waals surface area contributed by atoms with Crippen molar-refractivity contribution in [1.82, 2.24) is 0 Å². The highest BCUT2D eigenvalue weighted by atomic mass is 31.2. The smallest absolute Gasteiger partial charge is 0.0652 e. The van der Waals surface area contributed by atoms with E-state index >= 15 is 0 Å². The molecular weight excluding hydrogens is 259 g/mol. The molecule has 0 amide bonds. The Kier molecular flexibility index (Phi) is 6.86. The van der Waals surface area contributed by atoms with Crippen LogP contribution < -0.4 is 0 Å². The summed E-state index contributed by atoms with van der Waals surface area (Å²) < 4.78 is 0.